The zero-order valence-electron chi connectivity index (χ0n) is 16.5. The zero-order valence-corrected chi connectivity index (χ0v) is 19.0. The Morgan fingerprint density at radius 2 is 2.13 bits per heavy atom. The maximum atomic E-state index is 12.9. The van der Waals surface area contributed by atoms with Gasteiger partial charge in [0.05, 0.1) is 29.2 Å². The van der Waals surface area contributed by atoms with E-state index in [0.29, 0.717) is 37.3 Å². The summed E-state index contributed by atoms with van der Waals surface area (Å²) in [5, 5.41) is 8.95. The number of thiophene rings is 1. The molecule has 30 heavy (non-hydrogen) atoms. The summed E-state index contributed by atoms with van der Waals surface area (Å²) in [6.07, 6.45) is 1.65. The third-order valence-corrected chi connectivity index (χ3v) is 10.5. The number of hydrogen-bond donors (Lipinski definition) is 1. The third kappa shape index (κ3) is 4.32. The molecule has 2 aromatic rings. The van der Waals surface area contributed by atoms with Crippen molar-refractivity contribution >= 4 is 42.9 Å². The summed E-state index contributed by atoms with van der Waals surface area (Å²) in [4.78, 5) is 12.9. The molecule has 1 N–H and O–H groups in total. The number of sulfonamides is 1. The summed E-state index contributed by atoms with van der Waals surface area (Å²) in [5.41, 5.74) is 0.681. The van der Waals surface area contributed by atoms with Crippen molar-refractivity contribution in [2.24, 2.45) is 5.92 Å². The molecule has 0 saturated carbocycles. The summed E-state index contributed by atoms with van der Waals surface area (Å²) < 4.78 is 52.5. The number of hydrogen-bond acceptors (Lipinski definition) is 7. The van der Waals surface area contributed by atoms with Crippen LogP contribution in [0.5, 0.6) is 0 Å². The highest BCUT2D eigenvalue weighted by Gasteiger charge is 2.35. The van der Waals surface area contributed by atoms with E-state index < -0.39 is 25.8 Å². The van der Waals surface area contributed by atoms with Gasteiger partial charge in [-0.25, -0.2) is 21.5 Å². The van der Waals surface area contributed by atoms with Crippen molar-refractivity contribution in [2.75, 3.05) is 29.9 Å². The van der Waals surface area contributed by atoms with Crippen LogP contribution in [-0.2, 0) is 24.7 Å². The lowest BCUT2D eigenvalue weighted by atomic mass is 9.99. The Bertz CT molecular complexity index is 1140. The van der Waals surface area contributed by atoms with Crippen molar-refractivity contribution in [1.82, 2.24) is 14.1 Å². The highest BCUT2D eigenvalue weighted by atomic mass is 32.2. The van der Waals surface area contributed by atoms with Gasteiger partial charge in [0.1, 0.15) is 10.0 Å². The van der Waals surface area contributed by atoms with Crippen LogP contribution in [0.3, 0.4) is 0 Å². The molecule has 0 radical (unpaired) electrons. The lowest BCUT2D eigenvalue weighted by molar-refractivity contribution is -0.120. The van der Waals surface area contributed by atoms with Crippen molar-refractivity contribution in [1.29, 1.82) is 0 Å². The van der Waals surface area contributed by atoms with Crippen LogP contribution in [0, 0.1) is 12.8 Å². The number of carbonyl (C=O) groups excluding carboxylic acids is 1. The van der Waals surface area contributed by atoms with Crippen LogP contribution in [0.15, 0.2) is 27.8 Å². The number of nitrogens with one attached hydrogen (secondary N) is 1. The van der Waals surface area contributed by atoms with Crippen LogP contribution in [-0.4, -0.2) is 61.4 Å². The number of rotatable bonds is 5. The second kappa shape index (κ2) is 8.06. The fourth-order valence-corrected chi connectivity index (χ4v) is 8.36. The Morgan fingerprint density at radius 3 is 2.80 bits per heavy atom. The first-order valence-corrected chi connectivity index (χ1v) is 13.9. The number of aryl methyl sites for hydroxylation is 1. The minimum Gasteiger partial charge on any atom is -0.311 e. The molecule has 12 heteroatoms. The van der Waals surface area contributed by atoms with E-state index in [4.69, 9.17) is 0 Å². The normalized spacial score (nSPS) is 24.7. The fourth-order valence-electron chi connectivity index (χ4n) is 4.00. The first-order chi connectivity index (χ1) is 14.2. The van der Waals surface area contributed by atoms with E-state index in [2.05, 4.69) is 10.4 Å². The van der Waals surface area contributed by atoms with E-state index >= 15 is 0 Å². The second-order valence-electron chi connectivity index (χ2n) is 7.80. The summed E-state index contributed by atoms with van der Waals surface area (Å²) in [6.45, 7) is 2.30. The average Bonchev–Trinajstić information content (AvgIpc) is 3.42. The van der Waals surface area contributed by atoms with Gasteiger partial charge in [0, 0.05) is 19.2 Å². The van der Waals surface area contributed by atoms with E-state index in [1.54, 1.807) is 35.2 Å². The van der Waals surface area contributed by atoms with E-state index in [-0.39, 0.29) is 34.2 Å². The van der Waals surface area contributed by atoms with Crippen molar-refractivity contribution in [2.45, 2.75) is 36.4 Å². The standard InChI is InChI=1S/C18H24N4O5S3/c1-13-10-16(22(20-13)15-6-9-29(24,25)12-15)19-18(23)14-4-2-7-21(11-14)30(26,27)17-5-3-8-28-17/h3,5,8,10,14-15H,2,4,6-7,9,11-12H2,1H3,(H,19,23). The van der Waals surface area contributed by atoms with Gasteiger partial charge in [-0.1, -0.05) is 6.07 Å². The molecular formula is C18H24N4O5S3. The topological polar surface area (TPSA) is 118 Å². The molecule has 0 bridgehead atoms. The molecule has 2 aliphatic rings. The number of nitrogens with zero attached hydrogens (tertiary/aromatic N) is 3. The number of carbonyl (C=O) groups is 1. The molecule has 1 amide bonds. The van der Waals surface area contributed by atoms with Gasteiger partial charge >= 0.3 is 0 Å². The molecule has 2 unspecified atom stereocenters. The van der Waals surface area contributed by atoms with E-state index in [1.165, 1.54) is 4.31 Å². The lowest BCUT2D eigenvalue weighted by Crippen LogP contribution is -2.43. The van der Waals surface area contributed by atoms with Crippen LogP contribution in [0.1, 0.15) is 31.0 Å². The molecule has 0 aromatic carbocycles. The Morgan fingerprint density at radius 1 is 1.33 bits per heavy atom. The van der Waals surface area contributed by atoms with Gasteiger partial charge in [-0.15, -0.1) is 11.3 Å². The van der Waals surface area contributed by atoms with Crippen molar-refractivity contribution < 1.29 is 21.6 Å². The Balaban J connectivity index is 1.48. The molecule has 9 nitrogen and oxygen atoms in total. The number of aromatic nitrogens is 2. The van der Waals surface area contributed by atoms with Gasteiger partial charge in [-0.2, -0.15) is 9.40 Å². The quantitative estimate of drug-likeness (QED) is 0.707. The first kappa shape index (κ1) is 21.5. The van der Waals surface area contributed by atoms with Crippen molar-refractivity contribution in [3.8, 4) is 0 Å². The van der Waals surface area contributed by atoms with E-state index in [9.17, 15) is 21.6 Å². The molecular weight excluding hydrogens is 448 g/mol. The lowest BCUT2D eigenvalue weighted by Gasteiger charge is -2.30. The Labute approximate surface area is 180 Å². The molecule has 2 aromatic heterocycles. The Kier molecular flexibility index (Phi) is 5.77. The van der Waals surface area contributed by atoms with Crippen LogP contribution in [0.2, 0.25) is 0 Å². The second-order valence-corrected chi connectivity index (χ2v) is 13.1. The van der Waals surface area contributed by atoms with Crippen LogP contribution < -0.4 is 5.32 Å². The predicted octanol–water partition coefficient (Wildman–Crippen LogP) is 1.65. The number of amides is 1. The minimum absolute atomic E-state index is 0.00720. The number of anilines is 1. The molecule has 2 saturated heterocycles. The molecule has 164 valence electrons. The monoisotopic (exact) mass is 472 g/mol. The molecule has 0 spiro atoms. The highest BCUT2D eigenvalue weighted by Crippen LogP contribution is 2.29. The summed E-state index contributed by atoms with van der Waals surface area (Å²) >= 11 is 1.16. The highest BCUT2D eigenvalue weighted by molar-refractivity contribution is 7.91. The smallest absolute Gasteiger partial charge is 0.252 e. The van der Waals surface area contributed by atoms with Gasteiger partial charge in [-0.05, 0) is 37.6 Å². The van der Waals surface area contributed by atoms with Crippen molar-refractivity contribution in [3.05, 3.63) is 29.3 Å². The molecule has 4 heterocycles. The largest absolute Gasteiger partial charge is 0.311 e. The molecule has 2 aliphatic heterocycles. The fraction of sp³-hybridized carbons (Fsp3) is 0.556. The SMILES string of the molecule is Cc1cc(NC(=O)C2CCCN(S(=O)(=O)c3cccs3)C2)n(C2CCS(=O)(=O)C2)n1. The first-order valence-electron chi connectivity index (χ1n) is 9.77. The van der Waals surface area contributed by atoms with Gasteiger partial charge in [0.2, 0.25) is 5.91 Å². The summed E-state index contributed by atoms with van der Waals surface area (Å²) in [5.74, 6) is -0.180. The van der Waals surface area contributed by atoms with Crippen LogP contribution in [0.4, 0.5) is 5.82 Å². The molecule has 0 aliphatic carbocycles. The third-order valence-electron chi connectivity index (χ3n) is 5.51. The average molecular weight is 473 g/mol. The number of piperidine rings is 1. The van der Waals surface area contributed by atoms with Crippen LogP contribution >= 0.6 is 11.3 Å². The van der Waals surface area contributed by atoms with Gasteiger partial charge < -0.3 is 5.32 Å². The molecule has 4 rings (SSSR count). The summed E-state index contributed by atoms with van der Waals surface area (Å²) in [6, 6.07) is 4.67. The van der Waals surface area contributed by atoms with Gasteiger partial charge in [0.25, 0.3) is 10.0 Å². The van der Waals surface area contributed by atoms with E-state index in [0.717, 1.165) is 11.3 Å². The maximum Gasteiger partial charge on any atom is 0.252 e. The predicted molar refractivity (Wildman–Crippen MR) is 114 cm³/mol. The van der Waals surface area contributed by atoms with Crippen LogP contribution in [0.25, 0.3) is 0 Å². The maximum absolute atomic E-state index is 12.9. The van der Waals surface area contributed by atoms with E-state index in [1.807, 2.05) is 0 Å². The summed E-state index contributed by atoms with van der Waals surface area (Å²) in [7, 11) is -6.69. The van der Waals surface area contributed by atoms with Gasteiger partial charge in [-0.3, -0.25) is 4.79 Å². The zero-order chi connectivity index (χ0) is 21.5. The molecule has 2 atom stereocenters. The number of sulfone groups is 1. The molecule has 2 fully saturated rings. The van der Waals surface area contributed by atoms with Gasteiger partial charge in [0.15, 0.2) is 9.84 Å². The van der Waals surface area contributed by atoms with Crippen molar-refractivity contribution in [3.63, 3.8) is 0 Å². The Hall–Kier alpha value is -1.76. The minimum atomic E-state index is -3.60.